The third-order valence-electron chi connectivity index (χ3n) is 5.09. The Hall–Kier alpha value is -2.87. The third-order valence-corrected chi connectivity index (χ3v) is 5.40. The highest BCUT2D eigenvalue weighted by Crippen LogP contribution is 2.29. The zero-order valence-corrected chi connectivity index (χ0v) is 18.1. The molecule has 1 aliphatic rings. The number of hydrogen-bond donors (Lipinski definition) is 1. The van der Waals surface area contributed by atoms with Crippen LogP contribution in [0.25, 0.3) is 0 Å². The number of rotatable bonds is 7. The van der Waals surface area contributed by atoms with Crippen LogP contribution in [0.2, 0.25) is 5.02 Å². The van der Waals surface area contributed by atoms with Gasteiger partial charge in [0.1, 0.15) is 11.5 Å². The quantitative estimate of drug-likeness (QED) is 0.594. The molecule has 3 aromatic rings. The van der Waals surface area contributed by atoms with Gasteiger partial charge in [-0.25, -0.2) is 0 Å². The lowest BCUT2D eigenvalue weighted by Gasteiger charge is -2.33. The Kier molecular flexibility index (Phi) is 6.86. The molecule has 1 aromatic heterocycles. The van der Waals surface area contributed by atoms with Crippen molar-refractivity contribution in [2.24, 2.45) is 0 Å². The van der Waals surface area contributed by atoms with Crippen molar-refractivity contribution in [2.75, 3.05) is 38.0 Å². The van der Waals surface area contributed by atoms with E-state index < -0.39 is 0 Å². The van der Waals surface area contributed by atoms with Gasteiger partial charge < -0.3 is 14.6 Å². The van der Waals surface area contributed by atoms with Crippen molar-refractivity contribution in [1.82, 2.24) is 15.0 Å². The molecule has 2 aromatic carbocycles. The van der Waals surface area contributed by atoms with Gasteiger partial charge in [-0.2, -0.15) is 0 Å². The average Bonchev–Trinajstić information content (AvgIpc) is 3.17. The smallest absolute Gasteiger partial charge is 0.238 e. The van der Waals surface area contributed by atoms with Crippen LogP contribution in [0.5, 0.6) is 11.5 Å². The van der Waals surface area contributed by atoms with Crippen LogP contribution in [0.3, 0.4) is 0 Å². The normalized spacial score (nSPS) is 15.0. The summed E-state index contributed by atoms with van der Waals surface area (Å²) in [6.45, 7) is 6.50. The number of halogens is 1. The third kappa shape index (κ3) is 6.07. The van der Waals surface area contributed by atoms with E-state index in [1.54, 1.807) is 6.07 Å². The zero-order valence-electron chi connectivity index (χ0n) is 17.4. The van der Waals surface area contributed by atoms with Crippen LogP contribution in [-0.2, 0) is 11.3 Å². The standard InChI is InChI=1S/C23H25ClN4O3/c1-17-14-20(31-26-17)15-27-10-12-28(13-11-27)16-23(29)25-18-6-8-19(9-7-18)30-22-5-3-2-4-21(22)24/h2-9,14H,10-13,15-16H2,1H3,(H,25,29). The van der Waals surface area contributed by atoms with Crippen molar-refractivity contribution in [2.45, 2.75) is 13.5 Å². The van der Waals surface area contributed by atoms with Crippen LogP contribution in [0.4, 0.5) is 5.69 Å². The van der Waals surface area contributed by atoms with Crippen molar-refractivity contribution in [1.29, 1.82) is 0 Å². The van der Waals surface area contributed by atoms with Crippen LogP contribution in [0.15, 0.2) is 59.1 Å². The monoisotopic (exact) mass is 440 g/mol. The second-order valence-electron chi connectivity index (χ2n) is 7.59. The molecule has 1 N–H and O–H groups in total. The molecule has 2 heterocycles. The maximum Gasteiger partial charge on any atom is 0.238 e. The summed E-state index contributed by atoms with van der Waals surface area (Å²) >= 11 is 6.12. The molecule has 7 nitrogen and oxygen atoms in total. The van der Waals surface area contributed by atoms with Gasteiger partial charge in [0.05, 0.1) is 23.8 Å². The molecular formula is C23H25ClN4O3. The van der Waals surface area contributed by atoms with Crippen LogP contribution in [0.1, 0.15) is 11.5 Å². The molecule has 1 aliphatic heterocycles. The summed E-state index contributed by atoms with van der Waals surface area (Å²) in [4.78, 5) is 16.9. The van der Waals surface area contributed by atoms with Gasteiger partial charge in [-0.15, -0.1) is 0 Å². The van der Waals surface area contributed by atoms with Gasteiger partial charge in [0.25, 0.3) is 0 Å². The first-order chi connectivity index (χ1) is 15.0. The molecule has 4 rings (SSSR count). The zero-order chi connectivity index (χ0) is 21.6. The first kappa shape index (κ1) is 21.4. The van der Waals surface area contributed by atoms with Crippen LogP contribution in [-0.4, -0.2) is 53.6 Å². The van der Waals surface area contributed by atoms with Gasteiger partial charge in [-0.1, -0.05) is 28.9 Å². The molecule has 0 bridgehead atoms. The highest BCUT2D eigenvalue weighted by atomic mass is 35.5. The molecular weight excluding hydrogens is 416 g/mol. The Labute approximate surface area is 186 Å². The minimum absolute atomic E-state index is 0.0286. The largest absolute Gasteiger partial charge is 0.456 e. The van der Waals surface area contributed by atoms with Gasteiger partial charge >= 0.3 is 0 Å². The summed E-state index contributed by atoms with van der Waals surface area (Å²) < 4.78 is 11.1. The second kappa shape index (κ2) is 9.96. The minimum atomic E-state index is -0.0286. The number of carbonyl (C=O) groups is 1. The van der Waals surface area contributed by atoms with Crippen LogP contribution in [0, 0.1) is 6.92 Å². The summed E-state index contributed by atoms with van der Waals surface area (Å²) in [7, 11) is 0. The Balaban J connectivity index is 1.21. The Bertz CT molecular complexity index is 1010. The first-order valence-corrected chi connectivity index (χ1v) is 10.6. The van der Waals surface area contributed by atoms with E-state index in [0.29, 0.717) is 23.1 Å². The van der Waals surface area contributed by atoms with E-state index in [1.807, 2.05) is 55.5 Å². The number of anilines is 1. The van der Waals surface area contributed by atoms with E-state index >= 15 is 0 Å². The molecule has 1 saturated heterocycles. The minimum Gasteiger partial charge on any atom is -0.456 e. The molecule has 162 valence electrons. The van der Waals surface area contributed by atoms with E-state index in [9.17, 15) is 4.79 Å². The predicted octanol–water partition coefficient (Wildman–Crippen LogP) is 4.19. The second-order valence-corrected chi connectivity index (χ2v) is 8.00. The van der Waals surface area contributed by atoms with Crippen molar-refractivity contribution >= 4 is 23.2 Å². The van der Waals surface area contributed by atoms with E-state index in [-0.39, 0.29) is 5.91 Å². The number of ether oxygens (including phenoxy) is 1. The fourth-order valence-electron chi connectivity index (χ4n) is 3.48. The van der Waals surface area contributed by atoms with Gasteiger partial charge in [-0.05, 0) is 43.3 Å². The molecule has 0 unspecified atom stereocenters. The fourth-order valence-corrected chi connectivity index (χ4v) is 3.66. The lowest BCUT2D eigenvalue weighted by Crippen LogP contribution is -2.48. The number of para-hydroxylation sites is 1. The van der Waals surface area contributed by atoms with Crippen molar-refractivity contribution in [3.05, 3.63) is 71.1 Å². The lowest BCUT2D eigenvalue weighted by atomic mass is 10.2. The highest BCUT2D eigenvalue weighted by Gasteiger charge is 2.20. The van der Waals surface area contributed by atoms with Gasteiger partial charge in [-0.3, -0.25) is 14.6 Å². The molecule has 0 aliphatic carbocycles. The number of nitrogens with one attached hydrogen (secondary N) is 1. The number of aromatic nitrogens is 1. The van der Waals surface area contributed by atoms with Crippen LogP contribution < -0.4 is 10.1 Å². The van der Waals surface area contributed by atoms with Gasteiger partial charge in [0, 0.05) is 37.9 Å². The maximum atomic E-state index is 12.4. The number of benzene rings is 2. The first-order valence-electron chi connectivity index (χ1n) is 10.2. The van der Waals surface area contributed by atoms with Crippen molar-refractivity contribution in [3.8, 4) is 11.5 Å². The van der Waals surface area contributed by atoms with E-state index in [2.05, 4.69) is 20.3 Å². The Morgan fingerprint density at radius 3 is 2.48 bits per heavy atom. The molecule has 0 atom stereocenters. The SMILES string of the molecule is Cc1cc(CN2CCN(CC(=O)Nc3ccc(Oc4ccccc4Cl)cc3)CC2)on1. The highest BCUT2D eigenvalue weighted by molar-refractivity contribution is 6.32. The van der Waals surface area contributed by atoms with Gasteiger partial charge in [0.15, 0.2) is 5.76 Å². The number of amides is 1. The molecule has 0 spiro atoms. The Morgan fingerprint density at radius 2 is 1.81 bits per heavy atom. The molecule has 31 heavy (non-hydrogen) atoms. The fraction of sp³-hybridized carbons (Fsp3) is 0.304. The maximum absolute atomic E-state index is 12.4. The predicted molar refractivity (Wildman–Crippen MR) is 120 cm³/mol. The van der Waals surface area contributed by atoms with Crippen molar-refractivity contribution in [3.63, 3.8) is 0 Å². The van der Waals surface area contributed by atoms with Gasteiger partial charge in [0.2, 0.25) is 5.91 Å². The summed E-state index contributed by atoms with van der Waals surface area (Å²) in [5.41, 5.74) is 1.63. The average molecular weight is 441 g/mol. The molecule has 0 saturated carbocycles. The number of nitrogens with zero attached hydrogens (tertiary/aromatic N) is 3. The number of carbonyl (C=O) groups excluding carboxylic acids is 1. The molecule has 1 fully saturated rings. The Morgan fingerprint density at radius 1 is 1.10 bits per heavy atom. The lowest BCUT2D eigenvalue weighted by molar-refractivity contribution is -0.117. The summed E-state index contributed by atoms with van der Waals surface area (Å²) in [5.74, 6) is 2.10. The van der Waals surface area contributed by atoms with Crippen molar-refractivity contribution < 1.29 is 14.1 Å². The number of hydrogen-bond acceptors (Lipinski definition) is 6. The summed E-state index contributed by atoms with van der Waals surface area (Å²) in [5, 5.41) is 7.43. The summed E-state index contributed by atoms with van der Waals surface area (Å²) in [6.07, 6.45) is 0. The van der Waals surface area contributed by atoms with E-state index in [4.69, 9.17) is 20.9 Å². The van der Waals surface area contributed by atoms with E-state index in [1.165, 1.54) is 0 Å². The number of piperazine rings is 1. The van der Waals surface area contributed by atoms with Crippen LogP contribution >= 0.6 is 11.6 Å². The van der Waals surface area contributed by atoms with E-state index in [0.717, 1.165) is 49.9 Å². The molecule has 0 radical (unpaired) electrons. The number of aryl methyl sites for hydroxylation is 1. The molecule has 1 amide bonds. The topological polar surface area (TPSA) is 70.8 Å². The molecule has 8 heteroatoms. The summed E-state index contributed by atoms with van der Waals surface area (Å²) in [6, 6.07) is 16.5.